The molecule has 1 amide bonds. The summed E-state index contributed by atoms with van der Waals surface area (Å²) >= 11 is 7.33. The normalized spacial score (nSPS) is 17.9. The lowest BCUT2D eigenvalue weighted by molar-refractivity contribution is -0.113. The molecule has 1 aromatic heterocycles. The number of halogens is 1. The predicted molar refractivity (Wildman–Crippen MR) is 110 cm³/mol. The summed E-state index contributed by atoms with van der Waals surface area (Å²) < 4.78 is 2.25. The van der Waals surface area contributed by atoms with E-state index in [1.165, 1.54) is 37.4 Å². The molecule has 1 aliphatic heterocycles. The van der Waals surface area contributed by atoms with Crippen molar-refractivity contribution in [2.75, 3.05) is 29.1 Å². The van der Waals surface area contributed by atoms with Crippen LogP contribution in [-0.2, 0) is 4.79 Å². The fourth-order valence-corrected chi connectivity index (χ4v) is 4.23. The van der Waals surface area contributed by atoms with Crippen LogP contribution in [0.2, 0.25) is 5.02 Å². The number of hydrogen-bond acceptors (Lipinski definition) is 5. The van der Waals surface area contributed by atoms with Crippen molar-refractivity contribution in [3.63, 3.8) is 0 Å². The van der Waals surface area contributed by atoms with Gasteiger partial charge in [0, 0.05) is 29.8 Å². The maximum Gasteiger partial charge on any atom is 0.234 e. The van der Waals surface area contributed by atoms with E-state index in [1.807, 2.05) is 0 Å². The van der Waals surface area contributed by atoms with Gasteiger partial charge < -0.3 is 10.2 Å². The van der Waals surface area contributed by atoms with E-state index < -0.39 is 0 Å². The van der Waals surface area contributed by atoms with E-state index in [-0.39, 0.29) is 5.91 Å². The van der Waals surface area contributed by atoms with Crippen LogP contribution in [0.4, 0.5) is 11.6 Å². The Morgan fingerprint density at radius 3 is 2.56 bits per heavy atom. The number of nitrogens with zero attached hydrogens (tertiary/aromatic N) is 4. The highest BCUT2D eigenvalue weighted by molar-refractivity contribution is 7.99. The molecular formula is C19H24ClN5OS. The Morgan fingerprint density at radius 2 is 1.89 bits per heavy atom. The first-order valence-electron chi connectivity index (χ1n) is 9.48. The van der Waals surface area contributed by atoms with Crippen molar-refractivity contribution < 1.29 is 4.79 Å². The molecule has 2 aromatic rings. The summed E-state index contributed by atoms with van der Waals surface area (Å²) in [5.41, 5.74) is 0.747. The molecule has 8 heteroatoms. The van der Waals surface area contributed by atoms with E-state index >= 15 is 0 Å². The average Bonchev–Trinajstić information content (AvgIpc) is 3.42. The summed E-state index contributed by atoms with van der Waals surface area (Å²) in [6.07, 6.45) is 4.73. The maximum atomic E-state index is 12.3. The van der Waals surface area contributed by atoms with Crippen molar-refractivity contribution >= 4 is 40.9 Å². The molecule has 144 valence electrons. The summed E-state index contributed by atoms with van der Waals surface area (Å²) in [7, 11) is 0. The zero-order valence-corrected chi connectivity index (χ0v) is 17.0. The number of amides is 1. The minimum atomic E-state index is -0.0546. The monoisotopic (exact) mass is 405 g/mol. The lowest BCUT2D eigenvalue weighted by Gasteiger charge is -2.31. The fraction of sp³-hybridized carbons (Fsp3) is 0.526. The number of carbonyl (C=O) groups excluding carboxylic acids is 1. The number of rotatable bonds is 6. The van der Waals surface area contributed by atoms with Gasteiger partial charge in [0.25, 0.3) is 0 Å². The molecule has 0 bridgehead atoms. The van der Waals surface area contributed by atoms with Crippen LogP contribution in [0.25, 0.3) is 0 Å². The van der Waals surface area contributed by atoms with Crippen molar-refractivity contribution in [1.29, 1.82) is 0 Å². The van der Waals surface area contributed by atoms with Gasteiger partial charge in [-0.1, -0.05) is 30.3 Å². The van der Waals surface area contributed by atoms with Gasteiger partial charge in [0.15, 0.2) is 5.16 Å². The van der Waals surface area contributed by atoms with Crippen LogP contribution in [0.5, 0.6) is 0 Å². The van der Waals surface area contributed by atoms with E-state index in [0.29, 0.717) is 16.8 Å². The third-order valence-electron chi connectivity index (χ3n) is 5.09. The molecule has 0 unspecified atom stereocenters. The topological polar surface area (TPSA) is 63.1 Å². The van der Waals surface area contributed by atoms with Gasteiger partial charge in [0.2, 0.25) is 11.9 Å². The third kappa shape index (κ3) is 4.58. The van der Waals surface area contributed by atoms with E-state index in [0.717, 1.165) is 35.8 Å². The Hall–Kier alpha value is -1.73. The molecular weight excluding hydrogens is 382 g/mol. The molecule has 0 radical (unpaired) electrons. The second kappa shape index (κ2) is 8.10. The third-order valence-corrected chi connectivity index (χ3v) is 6.28. The Bertz CT molecular complexity index is 797. The van der Waals surface area contributed by atoms with Gasteiger partial charge in [-0.15, -0.1) is 10.2 Å². The first kappa shape index (κ1) is 18.6. The SMILES string of the molecule is CC1CCN(c2nnc(SCC(=O)Nc3ccc(Cl)cc3)n2C2CC2)CC1. The van der Waals surface area contributed by atoms with E-state index in [9.17, 15) is 4.79 Å². The Kier molecular flexibility index (Phi) is 5.59. The van der Waals surface area contributed by atoms with E-state index in [4.69, 9.17) is 11.6 Å². The molecule has 2 aliphatic rings. The molecule has 6 nitrogen and oxygen atoms in total. The molecule has 4 rings (SSSR count). The molecule has 0 spiro atoms. The number of thioether (sulfide) groups is 1. The van der Waals surface area contributed by atoms with Gasteiger partial charge in [0.1, 0.15) is 0 Å². The minimum Gasteiger partial charge on any atom is -0.341 e. The second-order valence-corrected chi connectivity index (χ2v) is 8.78. The summed E-state index contributed by atoms with van der Waals surface area (Å²) in [4.78, 5) is 14.6. The fourth-order valence-electron chi connectivity index (χ4n) is 3.30. The standard InChI is InChI=1S/C19H24ClN5OS/c1-13-8-10-24(11-9-13)18-22-23-19(25(18)16-6-7-16)27-12-17(26)21-15-4-2-14(20)3-5-15/h2-5,13,16H,6-12H2,1H3,(H,21,26). The van der Waals surface area contributed by atoms with Crippen LogP contribution < -0.4 is 10.2 Å². The molecule has 1 N–H and O–H groups in total. The van der Waals surface area contributed by atoms with Crippen molar-refractivity contribution in [2.24, 2.45) is 5.92 Å². The number of aromatic nitrogens is 3. The number of nitrogens with one attached hydrogen (secondary N) is 1. The molecule has 1 aliphatic carbocycles. The van der Waals surface area contributed by atoms with E-state index in [1.54, 1.807) is 24.3 Å². The molecule has 0 atom stereocenters. The minimum absolute atomic E-state index is 0.0546. The quantitative estimate of drug-likeness (QED) is 0.728. The first-order chi connectivity index (χ1) is 13.1. The zero-order valence-electron chi connectivity index (χ0n) is 15.4. The van der Waals surface area contributed by atoms with Crippen LogP contribution in [0.1, 0.15) is 38.6 Å². The largest absolute Gasteiger partial charge is 0.341 e. The Labute approximate surface area is 168 Å². The van der Waals surface area contributed by atoms with Gasteiger partial charge in [-0.05, 0) is 55.9 Å². The summed E-state index contributed by atoms with van der Waals surface area (Å²) in [6.45, 7) is 4.38. The highest BCUT2D eigenvalue weighted by Gasteiger charge is 2.32. The average molecular weight is 406 g/mol. The van der Waals surface area contributed by atoms with Gasteiger partial charge in [-0.2, -0.15) is 0 Å². The van der Waals surface area contributed by atoms with Gasteiger partial charge >= 0.3 is 0 Å². The zero-order chi connectivity index (χ0) is 18.8. The maximum absolute atomic E-state index is 12.3. The van der Waals surface area contributed by atoms with Crippen LogP contribution >= 0.6 is 23.4 Å². The van der Waals surface area contributed by atoms with Gasteiger partial charge in [-0.3, -0.25) is 9.36 Å². The first-order valence-corrected chi connectivity index (χ1v) is 10.8. The smallest absolute Gasteiger partial charge is 0.234 e. The second-order valence-electron chi connectivity index (χ2n) is 7.40. The number of anilines is 2. The molecule has 1 aromatic carbocycles. The van der Waals surface area contributed by atoms with Gasteiger partial charge in [0.05, 0.1) is 5.75 Å². The lowest BCUT2D eigenvalue weighted by Crippen LogP contribution is -2.34. The number of hydrogen-bond donors (Lipinski definition) is 1. The molecule has 27 heavy (non-hydrogen) atoms. The molecule has 2 fully saturated rings. The van der Waals surface area contributed by atoms with Gasteiger partial charge in [-0.25, -0.2) is 0 Å². The number of piperidine rings is 1. The highest BCUT2D eigenvalue weighted by Crippen LogP contribution is 2.41. The van der Waals surface area contributed by atoms with Crippen LogP contribution in [0.15, 0.2) is 29.4 Å². The van der Waals surface area contributed by atoms with Crippen LogP contribution in [0.3, 0.4) is 0 Å². The predicted octanol–water partition coefficient (Wildman–Crippen LogP) is 4.23. The Balaban J connectivity index is 1.40. The summed E-state index contributed by atoms with van der Waals surface area (Å²) in [5, 5.41) is 13.3. The summed E-state index contributed by atoms with van der Waals surface area (Å²) in [6, 6.07) is 7.61. The van der Waals surface area contributed by atoms with Crippen molar-refractivity contribution in [3.05, 3.63) is 29.3 Å². The molecule has 1 saturated heterocycles. The number of carbonyl (C=O) groups is 1. The van der Waals surface area contributed by atoms with Crippen LogP contribution in [-0.4, -0.2) is 39.5 Å². The van der Waals surface area contributed by atoms with E-state index in [2.05, 4.69) is 31.9 Å². The molecule has 2 heterocycles. The lowest BCUT2D eigenvalue weighted by atomic mass is 10.00. The molecule has 1 saturated carbocycles. The van der Waals surface area contributed by atoms with Crippen LogP contribution in [0, 0.1) is 5.92 Å². The highest BCUT2D eigenvalue weighted by atomic mass is 35.5. The Morgan fingerprint density at radius 1 is 1.19 bits per heavy atom. The van der Waals surface area contributed by atoms with Crippen molar-refractivity contribution in [3.8, 4) is 0 Å². The number of benzene rings is 1. The van der Waals surface area contributed by atoms with Crippen molar-refractivity contribution in [1.82, 2.24) is 14.8 Å². The van der Waals surface area contributed by atoms with Crippen molar-refractivity contribution in [2.45, 2.75) is 43.8 Å². The summed E-state index contributed by atoms with van der Waals surface area (Å²) in [5.74, 6) is 2.01.